The minimum Gasteiger partial charge on any atom is -0.508 e. The molecule has 5 rings (SSSR count). The second-order valence-electron chi connectivity index (χ2n) is 8.31. The molecule has 2 aromatic heterocycles. The second-order valence-corrected chi connectivity index (χ2v) is 11.9. The zero-order valence-corrected chi connectivity index (χ0v) is 22.0. The Kier molecular flexibility index (Phi) is 6.46. The first-order valence-electron chi connectivity index (χ1n) is 11.0. The summed E-state index contributed by atoms with van der Waals surface area (Å²) in [5, 5.41) is 41.2. The number of nitrogen functional groups attached to an aromatic ring is 1. The van der Waals surface area contributed by atoms with Gasteiger partial charge in [-0.25, -0.2) is 13.4 Å². The summed E-state index contributed by atoms with van der Waals surface area (Å²) < 4.78 is 27.2. The van der Waals surface area contributed by atoms with Crippen LogP contribution in [-0.2, 0) is 9.84 Å². The largest absolute Gasteiger partial charge is 0.508 e. The maximum atomic E-state index is 13.6. The number of anilines is 1. The molecule has 13 heteroatoms. The summed E-state index contributed by atoms with van der Waals surface area (Å²) >= 11 is 6.80. The maximum absolute atomic E-state index is 13.6. The summed E-state index contributed by atoms with van der Waals surface area (Å²) in [5.74, 6) is -2.56. The van der Waals surface area contributed by atoms with Gasteiger partial charge in [-0.3, -0.25) is 9.36 Å². The van der Waals surface area contributed by atoms with E-state index in [1.165, 1.54) is 66.7 Å². The third-order valence-electron chi connectivity index (χ3n) is 5.82. The summed E-state index contributed by atoms with van der Waals surface area (Å²) in [6, 6.07) is 14.8. The third kappa shape index (κ3) is 4.54. The fourth-order valence-corrected chi connectivity index (χ4v) is 6.58. The lowest BCUT2D eigenvalue weighted by Gasteiger charge is -2.10. The molecule has 0 unspecified atom stereocenters. The van der Waals surface area contributed by atoms with Crippen molar-refractivity contribution >= 4 is 44.2 Å². The van der Waals surface area contributed by atoms with Crippen LogP contribution < -0.4 is 5.73 Å². The predicted octanol–water partition coefficient (Wildman–Crippen LogP) is 4.72. The van der Waals surface area contributed by atoms with E-state index in [1.807, 2.05) is 0 Å². The third-order valence-corrected chi connectivity index (χ3v) is 9.33. The molecule has 10 nitrogen and oxygen atoms in total. The number of thiazole rings is 1. The van der Waals surface area contributed by atoms with Gasteiger partial charge in [-0.1, -0.05) is 22.9 Å². The summed E-state index contributed by atoms with van der Waals surface area (Å²) in [5.41, 5.74) is 6.15. The van der Waals surface area contributed by atoms with Crippen molar-refractivity contribution in [3.8, 4) is 39.5 Å². The predicted molar refractivity (Wildman–Crippen MR) is 145 cm³/mol. The molecular weight excluding hydrogens is 566 g/mol. The van der Waals surface area contributed by atoms with E-state index in [0.717, 1.165) is 10.8 Å². The van der Waals surface area contributed by atoms with E-state index in [1.54, 1.807) is 0 Å². The topological polar surface area (TPSA) is 176 Å². The van der Waals surface area contributed by atoms with Crippen LogP contribution in [0, 0.1) is 0 Å². The summed E-state index contributed by atoms with van der Waals surface area (Å²) in [4.78, 5) is 17.6. The van der Waals surface area contributed by atoms with Crippen molar-refractivity contribution in [2.24, 2.45) is 0 Å². The highest BCUT2D eigenvalue weighted by Gasteiger charge is 2.32. The highest BCUT2D eigenvalue weighted by atomic mass is 35.5. The number of phenols is 2. The number of benzene rings is 3. The quantitative estimate of drug-likeness (QED) is 0.140. The van der Waals surface area contributed by atoms with E-state index < -0.39 is 27.2 Å². The minimum absolute atomic E-state index is 0.0448. The summed E-state index contributed by atoms with van der Waals surface area (Å²) in [6.45, 7) is 0. The van der Waals surface area contributed by atoms with Crippen LogP contribution in [0.25, 0.3) is 16.4 Å². The molecule has 0 aliphatic heterocycles. The zero-order valence-electron chi connectivity index (χ0n) is 19.6. The normalized spacial score (nSPS) is 11.5. The maximum Gasteiger partial charge on any atom is 0.242 e. The van der Waals surface area contributed by atoms with Crippen molar-refractivity contribution in [1.29, 1.82) is 0 Å². The van der Waals surface area contributed by atoms with Crippen molar-refractivity contribution in [2.45, 2.75) is 9.10 Å². The molecule has 5 aromatic rings. The Morgan fingerprint density at radius 3 is 2.26 bits per heavy atom. The summed E-state index contributed by atoms with van der Waals surface area (Å²) in [7, 11) is -4.06. The first-order chi connectivity index (χ1) is 18.5. The van der Waals surface area contributed by atoms with Gasteiger partial charge in [0.2, 0.25) is 15.7 Å². The summed E-state index contributed by atoms with van der Waals surface area (Å²) in [6.07, 6.45) is 1.08. The Bertz CT molecular complexity index is 1850. The average molecular weight is 584 g/mol. The number of hydrogen-bond acceptors (Lipinski definition) is 10. The zero-order chi connectivity index (χ0) is 28.1. The van der Waals surface area contributed by atoms with Crippen molar-refractivity contribution in [1.82, 2.24) is 9.55 Å². The van der Waals surface area contributed by atoms with Gasteiger partial charge in [-0.15, -0.1) is 0 Å². The molecule has 6 N–H and O–H groups in total. The molecule has 0 saturated carbocycles. The van der Waals surface area contributed by atoms with Gasteiger partial charge in [0.25, 0.3) is 0 Å². The number of ketones is 1. The van der Waals surface area contributed by atoms with Crippen LogP contribution >= 0.6 is 22.9 Å². The molecule has 198 valence electrons. The molecule has 0 fully saturated rings. The lowest BCUT2D eigenvalue weighted by atomic mass is 9.99. The number of aromatic hydroxyl groups is 4. The van der Waals surface area contributed by atoms with E-state index >= 15 is 0 Å². The standard InChI is InChI=1S/C26H18ClN3O7S2/c27-18-11-14(3-10-19(18)32)22-21(23(33)13-1-4-15(28)5-2-13)24(34)25(35)30(22)26-29-12-20(38-26)39(36,37)17-8-6-16(31)7-9-17/h1-12,31-32,34-35H,28H2. The van der Waals surface area contributed by atoms with Crippen LogP contribution in [0.5, 0.6) is 23.1 Å². The van der Waals surface area contributed by atoms with Crippen LogP contribution in [0.15, 0.2) is 82.0 Å². The van der Waals surface area contributed by atoms with E-state index in [-0.39, 0.29) is 53.1 Å². The molecule has 0 amide bonds. The highest BCUT2D eigenvalue weighted by molar-refractivity contribution is 7.93. The van der Waals surface area contributed by atoms with Gasteiger partial charge in [-0.2, -0.15) is 0 Å². The Labute approximate surface area is 230 Å². The monoisotopic (exact) mass is 583 g/mol. The van der Waals surface area contributed by atoms with E-state index in [9.17, 15) is 33.6 Å². The molecule has 39 heavy (non-hydrogen) atoms. The van der Waals surface area contributed by atoms with E-state index in [0.29, 0.717) is 17.0 Å². The molecule has 0 atom stereocenters. The van der Waals surface area contributed by atoms with Crippen molar-refractivity contribution in [2.75, 3.05) is 5.73 Å². The lowest BCUT2D eigenvalue weighted by Crippen LogP contribution is -2.05. The molecule has 0 radical (unpaired) electrons. The van der Waals surface area contributed by atoms with Gasteiger partial charge in [0.1, 0.15) is 15.7 Å². The molecule has 0 aliphatic carbocycles. The fraction of sp³-hybridized carbons (Fsp3) is 0. The molecule has 0 bridgehead atoms. The highest BCUT2D eigenvalue weighted by Crippen LogP contribution is 2.46. The van der Waals surface area contributed by atoms with E-state index in [4.69, 9.17) is 17.3 Å². The molecule has 2 heterocycles. The Morgan fingerprint density at radius 2 is 1.62 bits per heavy atom. The smallest absolute Gasteiger partial charge is 0.242 e. The van der Waals surface area contributed by atoms with Gasteiger partial charge in [-0.05, 0) is 66.7 Å². The molecule has 3 aromatic carbocycles. The van der Waals surface area contributed by atoms with Crippen LogP contribution in [0.3, 0.4) is 0 Å². The Morgan fingerprint density at radius 1 is 0.949 bits per heavy atom. The number of rotatable bonds is 6. The van der Waals surface area contributed by atoms with Crippen LogP contribution in [0.2, 0.25) is 5.02 Å². The first kappa shape index (κ1) is 26.1. The first-order valence-corrected chi connectivity index (χ1v) is 13.7. The van der Waals surface area contributed by atoms with Gasteiger partial charge in [0.05, 0.1) is 27.4 Å². The second kappa shape index (κ2) is 9.66. The number of nitrogens with two attached hydrogens (primary N) is 1. The van der Waals surface area contributed by atoms with Gasteiger partial charge in [0, 0.05) is 16.8 Å². The molecule has 0 aliphatic rings. The SMILES string of the molecule is Nc1ccc(C(=O)c2c(O)c(O)n(-c3ncc(S(=O)(=O)c4ccc(O)cc4)s3)c2-c2ccc(O)c(Cl)c2)cc1. The number of hydrogen-bond donors (Lipinski definition) is 5. The Balaban J connectivity index is 1.73. The van der Waals surface area contributed by atoms with Crippen LogP contribution in [0.1, 0.15) is 15.9 Å². The number of phenolic OH excluding ortho intramolecular Hbond substituents is 2. The minimum atomic E-state index is -4.06. The van der Waals surface area contributed by atoms with Gasteiger partial charge in [0.15, 0.2) is 16.7 Å². The van der Waals surface area contributed by atoms with Gasteiger partial charge >= 0.3 is 0 Å². The lowest BCUT2D eigenvalue weighted by molar-refractivity contribution is 0.103. The van der Waals surface area contributed by atoms with Crippen LogP contribution in [0.4, 0.5) is 5.69 Å². The Hall–Kier alpha value is -4.52. The molecular formula is C26H18ClN3O7S2. The number of nitrogens with zero attached hydrogens (tertiary/aromatic N) is 2. The molecule has 0 saturated heterocycles. The number of sulfone groups is 1. The molecule has 0 spiro atoms. The number of carbonyl (C=O) groups is 1. The number of carbonyl (C=O) groups excluding carboxylic acids is 1. The number of aromatic nitrogens is 2. The van der Waals surface area contributed by atoms with Crippen LogP contribution in [-0.4, -0.2) is 44.2 Å². The number of halogens is 1. The van der Waals surface area contributed by atoms with E-state index in [2.05, 4.69) is 4.98 Å². The van der Waals surface area contributed by atoms with Crippen molar-refractivity contribution in [3.63, 3.8) is 0 Å². The van der Waals surface area contributed by atoms with Gasteiger partial charge < -0.3 is 26.2 Å². The van der Waals surface area contributed by atoms with Crippen molar-refractivity contribution in [3.05, 3.63) is 89.1 Å². The average Bonchev–Trinajstić information content (AvgIpc) is 3.50. The fourth-order valence-electron chi connectivity index (χ4n) is 3.88. The van der Waals surface area contributed by atoms with Crippen molar-refractivity contribution < 1.29 is 33.6 Å².